The Balaban J connectivity index is 3.03. The van der Waals surface area contributed by atoms with Crippen LogP contribution in [0, 0.1) is 0 Å². The van der Waals surface area contributed by atoms with Crippen molar-refractivity contribution >= 4 is 21.2 Å². The van der Waals surface area contributed by atoms with Gasteiger partial charge in [-0.1, -0.05) is 13.8 Å². The van der Waals surface area contributed by atoms with Crippen molar-refractivity contribution in [2.45, 2.75) is 32.1 Å². The Kier molecular flexibility index (Phi) is 3.86. The van der Waals surface area contributed by atoms with E-state index in [-0.39, 0.29) is 18.3 Å². The molecule has 15 heavy (non-hydrogen) atoms. The Morgan fingerprint density at radius 2 is 2.07 bits per heavy atom. The predicted octanol–water partition coefficient (Wildman–Crippen LogP) is 1.30. The first-order chi connectivity index (χ1) is 6.83. The minimum absolute atomic E-state index is 0.0443. The number of hydrogen-bond acceptors (Lipinski definition) is 5. The maximum Gasteiger partial charge on any atom is 0.153 e. The van der Waals surface area contributed by atoms with Crippen LogP contribution >= 0.6 is 11.3 Å². The molecule has 1 aromatic heterocycles. The van der Waals surface area contributed by atoms with Gasteiger partial charge in [0.05, 0.1) is 17.2 Å². The maximum absolute atomic E-state index is 11.1. The molecule has 0 aliphatic heterocycles. The Morgan fingerprint density at radius 3 is 2.40 bits per heavy atom. The van der Waals surface area contributed by atoms with E-state index in [1.54, 1.807) is 0 Å². The Morgan fingerprint density at radius 1 is 1.47 bits per heavy atom. The summed E-state index contributed by atoms with van der Waals surface area (Å²) in [4.78, 5) is 5.01. The molecule has 0 unspecified atom stereocenters. The molecule has 1 heterocycles. The SMILES string of the molecule is CC(C)c1nc(CS(C)(=O)=O)sc1CO. The van der Waals surface area contributed by atoms with Crippen molar-refractivity contribution in [3.8, 4) is 0 Å². The molecule has 0 fully saturated rings. The average Bonchev–Trinajstić information content (AvgIpc) is 2.44. The van der Waals surface area contributed by atoms with Crippen LogP contribution in [0.2, 0.25) is 0 Å². The third-order valence-corrected chi connectivity index (χ3v) is 3.88. The lowest BCUT2D eigenvalue weighted by atomic mass is 10.1. The molecule has 0 spiro atoms. The number of rotatable bonds is 4. The molecule has 0 amide bonds. The second kappa shape index (κ2) is 4.59. The van der Waals surface area contributed by atoms with Crippen molar-refractivity contribution in [3.05, 3.63) is 15.6 Å². The second-order valence-electron chi connectivity index (χ2n) is 3.80. The maximum atomic E-state index is 11.1. The molecule has 0 aliphatic rings. The lowest BCUT2D eigenvalue weighted by Gasteiger charge is -2.01. The van der Waals surface area contributed by atoms with Crippen LogP contribution in [0.1, 0.15) is 35.3 Å². The molecule has 6 heteroatoms. The molecule has 0 aromatic carbocycles. The number of aliphatic hydroxyl groups is 1. The number of hydrogen-bond donors (Lipinski definition) is 1. The third kappa shape index (κ3) is 3.55. The van der Waals surface area contributed by atoms with Gasteiger partial charge in [-0.3, -0.25) is 0 Å². The number of nitrogens with zero attached hydrogens (tertiary/aromatic N) is 1. The average molecular weight is 249 g/mol. The Hall–Kier alpha value is -0.460. The van der Waals surface area contributed by atoms with Crippen LogP contribution in [0.5, 0.6) is 0 Å². The zero-order valence-electron chi connectivity index (χ0n) is 9.02. The summed E-state index contributed by atoms with van der Waals surface area (Å²) >= 11 is 1.27. The largest absolute Gasteiger partial charge is 0.391 e. The molecule has 0 saturated carbocycles. The van der Waals surface area contributed by atoms with E-state index in [0.29, 0.717) is 5.01 Å². The fourth-order valence-electron chi connectivity index (χ4n) is 1.26. The molecular weight excluding hydrogens is 234 g/mol. The van der Waals surface area contributed by atoms with Gasteiger partial charge >= 0.3 is 0 Å². The Labute approximate surface area is 93.9 Å². The molecule has 1 rings (SSSR count). The van der Waals surface area contributed by atoms with Gasteiger partial charge in [0.25, 0.3) is 0 Å². The van der Waals surface area contributed by atoms with Crippen molar-refractivity contribution < 1.29 is 13.5 Å². The summed E-state index contributed by atoms with van der Waals surface area (Å²) in [5.74, 6) is 0.161. The van der Waals surface area contributed by atoms with E-state index in [1.165, 1.54) is 17.6 Å². The van der Waals surface area contributed by atoms with E-state index < -0.39 is 9.84 Å². The number of sulfone groups is 1. The molecule has 86 valence electrons. The van der Waals surface area contributed by atoms with Crippen molar-refractivity contribution in [2.24, 2.45) is 0 Å². The van der Waals surface area contributed by atoms with Crippen LogP contribution in [-0.4, -0.2) is 24.8 Å². The highest BCUT2D eigenvalue weighted by atomic mass is 32.2. The van der Waals surface area contributed by atoms with Gasteiger partial charge in [-0.15, -0.1) is 11.3 Å². The third-order valence-electron chi connectivity index (χ3n) is 1.85. The van der Waals surface area contributed by atoms with Crippen molar-refractivity contribution in [3.63, 3.8) is 0 Å². The van der Waals surface area contributed by atoms with Crippen molar-refractivity contribution in [1.82, 2.24) is 4.98 Å². The molecule has 0 radical (unpaired) electrons. The summed E-state index contributed by atoms with van der Waals surface area (Å²) in [6, 6.07) is 0. The second-order valence-corrected chi connectivity index (χ2v) is 7.11. The molecule has 0 bridgehead atoms. The molecule has 0 aliphatic carbocycles. The van der Waals surface area contributed by atoms with E-state index in [1.807, 2.05) is 13.8 Å². The first-order valence-electron chi connectivity index (χ1n) is 4.60. The molecule has 1 N–H and O–H groups in total. The van der Waals surface area contributed by atoms with E-state index >= 15 is 0 Å². The van der Waals surface area contributed by atoms with Gasteiger partial charge in [0.1, 0.15) is 10.8 Å². The van der Waals surface area contributed by atoms with Crippen LogP contribution in [0.15, 0.2) is 0 Å². The monoisotopic (exact) mass is 249 g/mol. The molecule has 1 aromatic rings. The first-order valence-corrected chi connectivity index (χ1v) is 7.48. The fourth-order valence-corrected chi connectivity index (χ4v) is 3.53. The van der Waals surface area contributed by atoms with Crippen LogP contribution in [-0.2, 0) is 22.2 Å². The van der Waals surface area contributed by atoms with E-state index in [4.69, 9.17) is 5.11 Å². The number of aromatic nitrogens is 1. The standard InChI is InChI=1S/C9H15NO3S2/c1-6(2)9-7(4-11)14-8(10-9)5-15(3,12)13/h6,11H,4-5H2,1-3H3. The summed E-state index contributed by atoms with van der Waals surface area (Å²) in [6.45, 7) is 3.87. The number of aliphatic hydroxyl groups excluding tert-OH is 1. The smallest absolute Gasteiger partial charge is 0.153 e. The summed E-state index contributed by atoms with van der Waals surface area (Å²) < 4.78 is 22.2. The number of thiazole rings is 1. The summed E-state index contributed by atoms with van der Waals surface area (Å²) in [5.41, 5.74) is 0.807. The van der Waals surface area contributed by atoms with E-state index in [9.17, 15) is 8.42 Å². The van der Waals surface area contributed by atoms with Crippen LogP contribution in [0.4, 0.5) is 0 Å². The van der Waals surface area contributed by atoms with Gasteiger partial charge in [0.2, 0.25) is 0 Å². The quantitative estimate of drug-likeness (QED) is 0.873. The molecule has 4 nitrogen and oxygen atoms in total. The zero-order chi connectivity index (χ0) is 11.6. The highest BCUT2D eigenvalue weighted by Gasteiger charge is 2.16. The minimum atomic E-state index is -3.05. The highest BCUT2D eigenvalue weighted by Crippen LogP contribution is 2.26. The minimum Gasteiger partial charge on any atom is -0.391 e. The lowest BCUT2D eigenvalue weighted by Crippen LogP contribution is -2.00. The van der Waals surface area contributed by atoms with Gasteiger partial charge in [0, 0.05) is 6.26 Å². The normalized spacial score (nSPS) is 12.3. The van der Waals surface area contributed by atoms with Crippen LogP contribution < -0.4 is 0 Å². The van der Waals surface area contributed by atoms with E-state index in [0.717, 1.165) is 10.6 Å². The van der Waals surface area contributed by atoms with Gasteiger partial charge in [-0.2, -0.15) is 0 Å². The highest BCUT2D eigenvalue weighted by molar-refractivity contribution is 7.90. The predicted molar refractivity (Wildman–Crippen MR) is 60.7 cm³/mol. The van der Waals surface area contributed by atoms with E-state index in [2.05, 4.69) is 4.98 Å². The fraction of sp³-hybridized carbons (Fsp3) is 0.667. The zero-order valence-corrected chi connectivity index (χ0v) is 10.7. The topological polar surface area (TPSA) is 67.3 Å². The van der Waals surface area contributed by atoms with Gasteiger partial charge in [0.15, 0.2) is 9.84 Å². The first kappa shape index (κ1) is 12.6. The molecule has 0 atom stereocenters. The Bertz CT molecular complexity index is 434. The summed E-state index contributed by atoms with van der Waals surface area (Å²) in [5, 5.41) is 9.66. The van der Waals surface area contributed by atoms with Crippen LogP contribution in [0.3, 0.4) is 0 Å². The van der Waals surface area contributed by atoms with Crippen molar-refractivity contribution in [2.75, 3.05) is 6.26 Å². The summed E-state index contributed by atoms with van der Waals surface area (Å²) in [6.07, 6.45) is 1.18. The molecular formula is C9H15NO3S2. The van der Waals surface area contributed by atoms with Gasteiger partial charge in [-0.05, 0) is 5.92 Å². The van der Waals surface area contributed by atoms with Gasteiger partial charge < -0.3 is 5.11 Å². The van der Waals surface area contributed by atoms with Crippen LogP contribution in [0.25, 0.3) is 0 Å². The van der Waals surface area contributed by atoms with Crippen molar-refractivity contribution in [1.29, 1.82) is 0 Å². The lowest BCUT2D eigenvalue weighted by molar-refractivity contribution is 0.283. The molecule has 0 saturated heterocycles. The van der Waals surface area contributed by atoms with Gasteiger partial charge in [-0.25, -0.2) is 13.4 Å². The summed E-state index contributed by atoms with van der Waals surface area (Å²) in [7, 11) is -3.05.